The predicted molar refractivity (Wildman–Crippen MR) is 50.7 cm³/mol. The molecule has 0 spiro atoms. The van der Waals surface area contributed by atoms with Crippen LogP contribution in [0, 0.1) is 12.8 Å². The highest BCUT2D eigenvalue weighted by atomic mass is 16.1. The molecule has 0 aliphatic carbocycles. The molecule has 3 nitrogen and oxygen atoms in total. The summed E-state index contributed by atoms with van der Waals surface area (Å²) in [7, 11) is 0. The third kappa shape index (κ3) is 1.50. The van der Waals surface area contributed by atoms with E-state index in [4.69, 9.17) is 0 Å². The van der Waals surface area contributed by atoms with Crippen molar-refractivity contribution in [1.82, 2.24) is 9.55 Å². The van der Waals surface area contributed by atoms with E-state index in [1.807, 2.05) is 6.92 Å². The Bertz CT molecular complexity index is 381. The molecule has 1 aromatic rings. The molecule has 0 aromatic carbocycles. The van der Waals surface area contributed by atoms with E-state index in [1.54, 1.807) is 10.6 Å². The van der Waals surface area contributed by atoms with Crippen LogP contribution in [-0.4, -0.2) is 9.55 Å². The Hall–Kier alpha value is -1.12. The van der Waals surface area contributed by atoms with Crippen LogP contribution < -0.4 is 5.56 Å². The van der Waals surface area contributed by atoms with Crippen LogP contribution in [0.5, 0.6) is 0 Å². The minimum atomic E-state index is 0.106. The molecule has 1 atom stereocenters. The van der Waals surface area contributed by atoms with Gasteiger partial charge in [0.05, 0.1) is 0 Å². The van der Waals surface area contributed by atoms with Gasteiger partial charge in [-0.2, -0.15) is 0 Å². The van der Waals surface area contributed by atoms with Gasteiger partial charge in [-0.15, -0.1) is 0 Å². The summed E-state index contributed by atoms with van der Waals surface area (Å²) in [6.07, 6.45) is 2.09. The van der Waals surface area contributed by atoms with Crippen LogP contribution in [0.1, 0.15) is 24.9 Å². The van der Waals surface area contributed by atoms with Crippen LogP contribution in [0.25, 0.3) is 0 Å². The fraction of sp³-hybridized carbons (Fsp3) is 0.600. The zero-order valence-corrected chi connectivity index (χ0v) is 8.08. The van der Waals surface area contributed by atoms with E-state index in [0.29, 0.717) is 5.92 Å². The molecular weight excluding hydrogens is 164 g/mol. The third-order valence-electron chi connectivity index (χ3n) is 2.57. The van der Waals surface area contributed by atoms with Crippen molar-refractivity contribution >= 4 is 0 Å². The summed E-state index contributed by atoms with van der Waals surface area (Å²) in [6.45, 7) is 4.89. The standard InChI is InChI=1S/C10H14N2O/c1-7-3-4-9-11-8(2)5-10(13)12(9)6-7/h5,7H,3-4,6H2,1-2H3. The molecule has 0 N–H and O–H groups in total. The van der Waals surface area contributed by atoms with Crippen LogP contribution in [0.15, 0.2) is 10.9 Å². The Labute approximate surface area is 77.4 Å². The summed E-state index contributed by atoms with van der Waals surface area (Å²) in [4.78, 5) is 15.9. The van der Waals surface area contributed by atoms with Crippen LogP contribution in [0.3, 0.4) is 0 Å². The lowest BCUT2D eigenvalue weighted by Crippen LogP contribution is -2.31. The first-order valence-corrected chi connectivity index (χ1v) is 4.74. The Morgan fingerprint density at radius 2 is 2.38 bits per heavy atom. The van der Waals surface area contributed by atoms with E-state index in [0.717, 1.165) is 30.9 Å². The van der Waals surface area contributed by atoms with E-state index in [-0.39, 0.29) is 5.56 Å². The maximum atomic E-state index is 11.6. The fourth-order valence-electron chi connectivity index (χ4n) is 1.84. The number of hydrogen-bond acceptors (Lipinski definition) is 2. The zero-order valence-electron chi connectivity index (χ0n) is 8.08. The molecule has 0 bridgehead atoms. The lowest BCUT2D eigenvalue weighted by atomic mass is 10.0. The minimum absolute atomic E-state index is 0.106. The average molecular weight is 178 g/mol. The van der Waals surface area contributed by atoms with Gasteiger partial charge in [-0.25, -0.2) is 4.98 Å². The largest absolute Gasteiger partial charge is 0.296 e. The van der Waals surface area contributed by atoms with Crippen molar-refractivity contribution in [3.8, 4) is 0 Å². The predicted octanol–water partition coefficient (Wildman–Crippen LogP) is 1.13. The molecular formula is C10H14N2O. The summed E-state index contributed by atoms with van der Waals surface area (Å²) in [5.74, 6) is 1.57. The zero-order chi connectivity index (χ0) is 9.42. The van der Waals surface area contributed by atoms with Crippen molar-refractivity contribution in [1.29, 1.82) is 0 Å². The molecule has 1 aliphatic heterocycles. The number of aromatic nitrogens is 2. The molecule has 2 heterocycles. The van der Waals surface area contributed by atoms with Crippen LogP contribution in [0.2, 0.25) is 0 Å². The molecule has 1 unspecified atom stereocenters. The van der Waals surface area contributed by atoms with Gasteiger partial charge in [0.1, 0.15) is 5.82 Å². The van der Waals surface area contributed by atoms with Crippen molar-refractivity contribution in [3.05, 3.63) is 27.9 Å². The Morgan fingerprint density at radius 1 is 1.62 bits per heavy atom. The van der Waals surface area contributed by atoms with Crippen molar-refractivity contribution in [2.24, 2.45) is 5.92 Å². The van der Waals surface area contributed by atoms with Gasteiger partial charge in [0, 0.05) is 24.7 Å². The van der Waals surface area contributed by atoms with Gasteiger partial charge in [0.15, 0.2) is 0 Å². The lowest BCUT2D eigenvalue weighted by Gasteiger charge is -2.22. The highest BCUT2D eigenvalue weighted by Crippen LogP contribution is 2.15. The van der Waals surface area contributed by atoms with Crippen molar-refractivity contribution in [2.45, 2.75) is 33.2 Å². The molecule has 0 fully saturated rings. The first-order valence-electron chi connectivity index (χ1n) is 4.74. The van der Waals surface area contributed by atoms with E-state index >= 15 is 0 Å². The number of nitrogens with zero attached hydrogens (tertiary/aromatic N) is 2. The highest BCUT2D eigenvalue weighted by molar-refractivity contribution is 5.04. The number of aryl methyl sites for hydroxylation is 2. The Balaban J connectivity index is 2.53. The number of hydrogen-bond donors (Lipinski definition) is 0. The van der Waals surface area contributed by atoms with Crippen LogP contribution >= 0.6 is 0 Å². The van der Waals surface area contributed by atoms with Gasteiger partial charge >= 0.3 is 0 Å². The molecule has 3 heteroatoms. The third-order valence-corrected chi connectivity index (χ3v) is 2.57. The summed E-state index contributed by atoms with van der Waals surface area (Å²) < 4.78 is 1.81. The fourth-order valence-corrected chi connectivity index (χ4v) is 1.84. The van der Waals surface area contributed by atoms with E-state index < -0.39 is 0 Å². The highest BCUT2D eigenvalue weighted by Gasteiger charge is 2.16. The summed E-state index contributed by atoms with van der Waals surface area (Å²) in [5, 5.41) is 0. The van der Waals surface area contributed by atoms with Gasteiger partial charge in [0.2, 0.25) is 0 Å². The van der Waals surface area contributed by atoms with E-state index in [1.165, 1.54) is 0 Å². The molecule has 13 heavy (non-hydrogen) atoms. The van der Waals surface area contributed by atoms with Crippen molar-refractivity contribution < 1.29 is 0 Å². The molecule has 0 saturated carbocycles. The summed E-state index contributed by atoms with van der Waals surface area (Å²) in [5.41, 5.74) is 0.944. The summed E-state index contributed by atoms with van der Waals surface area (Å²) in [6, 6.07) is 1.61. The normalized spacial score (nSPS) is 21.2. The maximum absolute atomic E-state index is 11.6. The maximum Gasteiger partial charge on any atom is 0.253 e. The SMILES string of the molecule is Cc1cc(=O)n2c(n1)CCC(C)C2. The first kappa shape index (κ1) is 8.48. The first-order chi connectivity index (χ1) is 6.16. The second-order valence-corrected chi connectivity index (χ2v) is 3.91. The minimum Gasteiger partial charge on any atom is -0.296 e. The Morgan fingerprint density at radius 3 is 3.15 bits per heavy atom. The molecule has 2 rings (SSSR count). The molecule has 1 aromatic heterocycles. The topological polar surface area (TPSA) is 34.9 Å². The average Bonchev–Trinajstić information content (AvgIpc) is 2.06. The van der Waals surface area contributed by atoms with Gasteiger partial charge in [-0.3, -0.25) is 9.36 Å². The number of rotatable bonds is 0. The molecule has 0 saturated heterocycles. The quantitative estimate of drug-likeness (QED) is 0.597. The summed E-state index contributed by atoms with van der Waals surface area (Å²) >= 11 is 0. The van der Waals surface area contributed by atoms with Gasteiger partial charge < -0.3 is 0 Å². The Kier molecular flexibility index (Phi) is 1.94. The number of fused-ring (bicyclic) bond motifs is 1. The second kappa shape index (κ2) is 2.98. The van der Waals surface area contributed by atoms with Gasteiger partial charge in [-0.1, -0.05) is 6.92 Å². The lowest BCUT2D eigenvalue weighted by molar-refractivity contribution is 0.378. The molecule has 0 amide bonds. The van der Waals surface area contributed by atoms with Crippen molar-refractivity contribution in [2.75, 3.05) is 0 Å². The van der Waals surface area contributed by atoms with Crippen molar-refractivity contribution in [3.63, 3.8) is 0 Å². The van der Waals surface area contributed by atoms with Gasteiger partial charge in [0.25, 0.3) is 5.56 Å². The van der Waals surface area contributed by atoms with E-state index in [2.05, 4.69) is 11.9 Å². The van der Waals surface area contributed by atoms with Crippen LogP contribution in [-0.2, 0) is 13.0 Å². The smallest absolute Gasteiger partial charge is 0.253 e. The van der Waals surface area contributed by atoms with Gasteiger partial charge in [-0.05, 0) is 19.3 Å². The van der Waals surface area contributed by atoms with E-state index in [9.17, 15) is 4.79 Å². The monoisotopic (exact) mass is 178 g/mol. The molecule has 0 radical (unpaired) electrons. The molecule has 1 aliphatic rings. The molecule has 70 valence electrons. The van der Waals surface area contributed by atoms with Crippen LogP contribution in [0.4, 0.5) is 0 Å². The second-order valence-electron chi connectivity index (χ2n) is 3.91.